The summed E-state index contributed by atoms with van der Waals surface area (Å²) in [6.07, 6.45) is 2.63. The van der Waals surface area contributed by atoms with Crippen molar-refractivity contribution >= 4 is 5.91 Å². The molecule has 0 radical (unpaired) electrons. The SMILES string of the molecule is CCC[C@@H](N)C(=O)NCCC(C)c1ccccc1. The summed E-state index contributed by atoms with van der Waals surface area (Å²) < 4.78 is 0. The van der Waals surface area contributed by atoms with Gasteiger partial charge in [0.2, 0.25) is 5.91 Å². The van der Waals surface area contributed by atoms with E-state index in [2.05, 4.69) is 24.4 Å². The number of hydrogen-bond acceptors (Lipinski definition) is 2. The lowest BCUT2D eigenvalue weighted by atomic mass is 9.98. The molecule has 1 amide bonds. The normalized spacial score (nSPS) is 13.9. The standard InChI is InChI=1S/C15H24N2O/c1-3-7-14(16)15(18)17-11-10-12(2)13-8-5-4-6-9-13/h4-6,8-9,12,14H,3,7,10-11,16H2,1-2H3,(H,17,18)/t12?,14-/m1/s1. The Kier molecular flexibility index (Phi) is 6.44. The largest absolute Gasteiger partial charge is 0.355 e. The van der Waals surface area contributed by atoms with Crippen molar-refractivity contribution in [3.63, 3.8) is 0 Å². The van der Waals surface area contributed by atoms with E-state index in [9.17, 15) is 4.79 Å². The number of benzene rings is 1. The minimum atomic E-state index is -0.359. The first kappa shape index (κ1) is 14.7. The summed E-state index contributed by atoms with van der Waals surface area (Å²) >= 11 is 0. The summed E-state index contributed by atoms with van der Waals surface area (Å²) in [6.45, 7) is 4.89. The molecule has 1 aromatic carbocycles. The van der Waals surface area contributed by atoms with Crippen molar-refractivity contribution in [1.29, 1.82) is 0 Å². The third kappa shape index (κ3) is 4.88. The van der Waals surface area contributed by atoms with Gasteiger partial charge in [-0.05, 0) is 24.3 Å². The van der Waals surface area contributed by atoms with Crippen molar-refractivity contribution in [1.82, 2.24) is 5.32 Å². The maximum Gasteiger partial charge on any atom is 0.236 e. The highest BCUT2D eigenvalue weighted by Gasteiger charge is 2.12. The molecule has 3 heteroatoms. The fourth-order valence-electron chi connectivity index (χ4n) is 1.93. The average Bonchev–Trinajstić information content (AvgIpc) is 2.39. The van der Waals surface area contributed by atoms with E-state index in [1.807, 2.05) is 25.1 Å². The Morgan fingerprint density at radius 3 is 2.56 bits per heavy atom. The quantitative estimate of drug-likeness (QED) is 0.778. The first-order valence-corrected chi connectivity index (χ1v) is 6.73. The van der Waals surface area contributed by atoms with Crippen molar-refractivity contribution in [3.05, 3.63) is 35.9 Å². The molecule has 0 aliphatic heterocycles. The molecule has 0 saturated carbocycles. The van der Waals surface area contributed by atoms with Gasteiger partial charge in [0, 0.05) is 6.54 Å². The van der Waals surface area contributed by atoms with Gasteiger partial charge in [-0.15, -0.1) is 0 Å². The van der Waals surface area contributed by atoms with Crippen LogP contribution in [0.3, 0.4) is 0 Å². The highest BCUT2D eigenvalue weighted by Crippen LogP contribution is 2.17. The number of amides is 1. The molecular formula is C15H24N2O. The van der Waals surface area contributed by atoms with E-state index in [0.717, 1.165) is 19.3 Å². The van der Waals surface area contributed by atoms with E-state index < -0.39 is 0 Å². The monoisotopic (exact) mass is 248 g/mol. The van der Waals surface area contributed by atoms with Crippen LogP contribution in [0.1, 0.15) is 44.6 Å². The summed E-state index contributed by atoms with van der Waals surface area (Å²) in [5, 5.41) is 2.90. The van der Waals surface area contributed by atoms with Crippen LogP contribution in [0.5, 0.6) is 0 Å². The molecule has 0 aliphatic carbocycles. The molecule has 3 N–H and O–H groups in total. The van der Waals surface area contributed by atoms with Gasteiger partial charge in [-0.2, -0.15) is 0 Å². The van der Waals surface area contributed by atoms with Gasteiger partial charge in [0.1, 0.15) is 0 Å². The van der Waals surface area contributed by atoms with Crippen LogP contribution in [0.2, 0.25) is 0 Å². The molecule has 0 heterocycles. The minimum Gasteiger partial charge on any atom is -0.355 e. The Bertz CT molecular complexity index is 351. The zero-order valence-corrected chi connectivity index (χ0v) is 11.4. The molecule has 0 fully saturated rings. The first-order valence-electron chi connectivity index (χ1n) is 6.73. The highest BCUT2D eigenvalue weighted by molar-refractivity contribution is 5.81. The van der Waals surface area contributed by atoms with E-state index in [1.54, 1.807) is 0 Å². The molecule has 3 nitrogen and oxygen atoms in total. The number of nitrogens with two attached hydrogens (primary N) is 1. The lowest BCUT2D eigenvalue weighted by molar-refractivity contribution is -0.122. The van der Waals surface area contributed by atoms with Gasteiger partial charge in [0.25, 0.3) is 0 Å². The fourth-order valence-corrected chi connectivity index (χ4v) is 1.93. The van der Waals surface area contributed by atoms with E-state index in [-0.39, 0.29) is 11.9 Å². The van der Waals surface area contributed by atoms with Gasteiger partial charge in [-0.3, -0.25) is 4.79 Å². The Morgan fingerprint density at radius 1 is 1.28 bits per heavy atom. The van der Waals surface area contributed by atoms with Crippen molar-refractivity contribution in [2.24, 2.45) is 5.73 Å². The summed E-state index contributed by atoms with van der Waals surface area (Å²) in [4.78, 5) is 11.6. The molecule has 1 unspecified atom stereocenters. The third-order valence-electron chi connectivity index (χ3n) is 3.18. The van der Waals surface area contributed by atoms with Gasteiger partial charge in [0.05, 0.1) is 6.04 Å². The second-order valence-electron chi connectivity index (χ2n) is 4.79. The van der Waals surface area contributed by atoms with E-state index >= 15 is 0 Å². The topological polar surface area (TPSA) is 55.1 Å². The first-order chi connectivity index (χ1) is 8.65. The van der Waals surface area contributed by atoms with Crippen LogP contribution in [0.25, 0.3) is 0 Å². The minimum absolute atomic E-state index is 0.0305. The molecule has 100 valence electrons. The molecular weight excluding hydrogens is 224 g/mol. The maximum atomic E-state index is 11.6. The fraction of sp³-hybridized carbons (Fsp3) is 0.533. The number of carbonyl (C=O) groups excluding carboxylic acids is 1. The van der Waals surface area contributed by atoms with Gasteiger partial charge < -0.3 is 11.1 Å². The summed E-state index contributed by atoms with van der Waals surface area (Å²) in [6, 6.07) is 9.98. The molecule has 1 aromatic rings. The Labute approximate surface area is 110 Å². The van der Waals surface area contributed by atoms with Crippen LogP contribution in [0.15, 0.2) is 30.3 Å². The zero-order chi connectivity index (χ0) is 13.4. The Balaban J connectivity index is 2.27. The second kappa shape index (κ2) is 7.88. The van der Waals surface area contributed by atoms with Gasteiger partial charge in [-0.25, -0.2) is 0 Å². The molecule has 0 saturated heterocycles. The second-order valence-corrected chi connectivity index (χ2v) is 4.79. The third-order valence-corrected chi connectivity index (χ3v) is 3.18. The van der Waals surface area contributed by atoms with Crippen LogP contribution in [0.4, 0.5) is 0 Å². The number of hydrogen-bond donors (Lipinski definition) is 2. The predicted molar refractivity (Wildman–Crippen MR) is 75.4 cm³/mol. The molecule has 0 spiro atoms. The molecule has 18 heavy (non-hydrogen) atoms. The van der Waals surface area contributed by atoms with Crippen LogP contribution >= 0.6 is 0 Å². The van der Waals surface area contributed by atoms with Crippen molar-refractivity contribution in [2.45, 2.75) is 45.1 Å². The van der Waals surface area contributed by atoms with Crippen molar-refractivity contribution in [2.75, 3.05) is 6.54 Å². The lowest BCUT2D eigenvalue weighted by Gasteiger charge is -2.14. The lowest BCUT2D eigenvalue weighted by Crippen LogP contribution is -2.40. The number of nitrogens with one attached hydrogen (secondary N) is 1. The summed E-state index contributed by atoms with van der Waals surface area (Å²) in [5.41, 5.74) is 7.05. The van der Waals surface area contributed by atoms with Crippen LogP contribution in [0, 0.1) is 0 Å². The smallest absolute Gasteiger partial charge is 0.236 e. The van der Waals surface area contributed by atoms with Gasteiger partial charge in [0.15, 0.2) is 0 Å². The summed E-state index contributed by atoms with van der Waals surface area (Å²) in [5.74, 6) is 0.422. The Morgan fingerprint density at radius 2 is 1.94 bits per heavy atom. The van der Waals surface area contributed by atoms with Gasteiger partial charge >= 0.3 is 0 Å². The molecule has 0 aromatic heterocycles. The Hall–Kier alpha value is -1.35. The maximum absolute atomic E-state index is 11.6. The van der Waals surface area contributed by atoms with E-state index in [4.69, 9.17) is 5.73 Å². The summed E-state index contributed by atoms with van der Waals surface area (Å²) in [7, 11) is 0. The predicted octanol–water partition coefficient (Wildman–Crippen LogP) is 2.42. The molecule has 0 aliphatic rings. The number of rotatable bonds is 7. The van der Waals surface area contributed by atoms with Crippen LogP contribution in [-0.4, -0.2) is 18.5 Å². The average molecular weight is 248 g/mol. The molecule has 2 atom stereocenters. The van der Waals surface area contributed by atoms with Crippen LogP contribution < -0.4 is 11.1 Å². The highest BCUT2D eigenvalue weighted by atomic mass is 16.2. The zero-order valence-electron chi connectivity index (χ0n) is 11.4. The molecule has 1 rings (SSSR count). The molecule has 0 bridgehead atoms. The van der Waals surface area contributed by atoms with Crippen molar-refractivity contribution < 1.29 is 4.79 Å². The van der Waals surface area contributed by atoms with Crippen LogP contribution in [-0.2, 0) is 4.79 Å². The van der Waals surface area contributed by atoms with Gasteiger partial charge in [-0.1, -0.05) is 50.6 Å². The number of carbonyl (C=O) groups is 1. The van der Waals surface area contributed by atoms with Crippen molar-refractivity contribution in [3.8, 4) is 0 Å². The van der Waals surface area contributed by atoms with E-state index in [0.29, 0.717) is 12.5 Å². The van der Waals surface area contributed by atoms with E-state index in [1.165, 1.54) is 5.56 Å².